The summed E-state index contributed by atoms with van der Waals surface area (Å²) in [7, 11) is 0. The number of aliphatic hydroxyl groups excluding tert-OH is 2. The molecule has 432 valence electrons. The molecule has 1 amide bonds. The van der Waals surface area contributed by atoms with Crippen LogP contribution in [0.2, 0.25) is 0 Å². The lowest BCUT2D eigenvalue weighted by molar-refractivity contribution is -0.143. The fourth-order valence-electron chi connectivity index (χ4n) is 10.4. The molecule has 0 spiro atoms. The summed E-state index contributed by atoms with van der Waals surface area (Å²) in [6, 6.07) is -0.639. The van der Waals surface area contributed by atoms with Gasteiger partial charge in [0.15, 0.2) is 0 Å². The number of carbonyl (C=O) groups is 2. The Labute approximate surface area is 456 Å². The smallest absolute Gasteiger partial charge is 0.305 e. The van der Waals surface area contributed by atoms with Gasteiger partial charge >= 0.3 is 5.97 Å². The van der Waals surface area contributed by atoms with Crippen molar-refractivity contribution in [3.8, 4) is 0 Å². The lowest BCUT2D eigenvalue weighted by atomic mass is 10.0. The van der Waals surface area contributed by atoms with Crippen molar-refractivity contribution in [2.75, 3.05) is 13.2 Å². The second kappa shape index (κ2) is 62.9. The molecule has 6 heteroatoms. The first kappa shape index (κ1) is 71.3. The maximum atomic E-state index is 12.5. The van der Waals surface area contributed by atoms with E-state index in [9.17, 15) is 19.8 Å². The monoisotopic (exact) mass is 1030 g/mol. The van der Waals surface area contributed by atoms with Crippen molar-refractivity contribution in [2.45, 2.75) is 379 Å². The Balaban J connectivity index is 3.47. The van der Waals surface area contributed by atoms with Gasteiger partial charge in [-0.1, -0.05) is 321 Å². The molecular formula is C67H129NO5. The molecule has 0 aromatic rings. The van der Waals surface area contributed by atoms with Crippen LogP contribution in [-0.2, 0) is 14.3 Å². The van der Waals surface area contributed by atoms with Gasteiger partial charge in [-0.2, -0.15) is 0 Å². The van der Waals surface area contributed by atoms with E-state index in [-0.39, 0.29) is 18.5 Å². The number of carbonyl (C=O) groups excluding carboxylic acids is 2. The fourth-order valence-corrected chi connectivity index (χ4v) is 10.4. The number of amides is 1. The van der Waals surface area contributed by atoms with E-state index in [0.29, 0.717) is 19.4 Å². The molecule has 73 heavy (non-hydrogen) atoms. The van der Waals surface area contributed by atoms with E-state index in [4.69, 9.17) is 4.74 Å². The van der Waals surface area contributed by atoms with Crippen LogP contribution in [-0.4, -0.2) is 47.4 Å². The van der Waals surface area contributed by atoms with E-state index in [1.165, 1.54) is 283 Å². The second-order valence-electron chi connectivity index (χ2n) is 22.8. The average Bonchev–Trinajstić information content (AvgIpc) is 3.39. The molecular weight excluding hydrogens is 899 g/mol. The lowest BCUT2D eigenvalue weighted by Gasteiger charge is -2.20. The molecule has 0 aliphatic rings. The summed E-state index contributed by atoms with van der Waals surface area (Å²) in [5.41, 5.74) is 0. The van der Waals surface area contributed by atoms with E-state index < -0.39 is 12.1 Å². The molecule has 6 nitrogen and oxygen atoms in total. The summed E-state index contributed by atoms with van der Waals surface area (Å²) >= 11 is 0. The quantitative estimate of drug-likeness (QED) is 0.0320. The van der Waals surface area contributed by atoms with Crippen LogP contribution in [0.15, 0.2) is 24.3 Å². The third-order valence-corrected chi connectivity index (χ3v) is 15.5. The molecule has 0 rings (SSSR count). The number of hydrogen-bond donors (Lipinski definition) is 3. The zero-order valence-corrected chi connectivity index (χ0v) is 49.4. The summed E-state index contributed by atoms with van der Waals surface area (Å²) in [5, 5.41) is 23.2. The van der Waals surface area contributed by atoms with Crippen LogP contribution in [0.5, 0.6) is 0 Å². The van der Waals surface area contributed by atoms with E-state index in [0.717, 1.165) is 57.8 Å². The number of nitrogens with one attached hydrogen (secondary N) is 1. The van der Waals surface area contributed by atoms with Crippen LogP contribution in [0.25, 0.3) is 0 Å². The Morgan fingerprint density at radius 2 is 0.644 bits per heavy atom. The summed E-state index contributed by atoms with van der Waals surface area (Å²) < 4.78 is 5.48. The van der Waals surface area contributed by atoms with Gasteiger partial charge in [-0.25, -0.2) is 0 Å². The average molecular weight is 1030 g/mol. The molecule has 2 atom stereocenters. The summed E-state index contributed by atoms with van der Waals surface area (Å²) in [6.45, 7) is 4.92. The van der Waals surface area contributed by atoms with Crippen LogP contribution in [0.3, 0.4) is 0 Å². The van der Waals surface area contributed by atoms with Crippen LogP contribution >= 0.6 is 0 Å². The van der Waals surface area contributed by atoms with Crippen molar-refractivity contribution in [3.05, 3.63) is 24.3 Å². The molecule has 0 fully saturated rings. The van der Waals surface area contributed by atoms with Crippen molar-refractivity contribution in [1.82, 2.24) is 5.32 Å². The summed E-state index contributed by atoms with van der Waals surface area (Å²) in [6.07, 6.45) is 78.0. The predicted octanol–water partition coefficient (Wildman–Crippen LogP) is 21.0. The summed E-state index contributed by atoms with van der Waals surface area (Å²) in [4.78, 5) is 24.6. The highest BCUT2D eigenvalue weighted by molar-refractivity contribution is 5.76. The van der Waals surface area contributed by atoms with Crippen LogP contribution < -0.4 is 5.32 Å². The van der Waals surface area contributed by atoms with Gasteiger partial charge in [0.2, 0.25) is 5.91 Å². The van der Waals surface area contributed by atoms with Crippen LogP contribution in [0.4, 0.5) is 0 Å². The molecule has 0 bridgehead atoms. The van der Waals surface area contributed by atoms with Gasteiger partial charge in [-0.15, -0.1) is 0 Å². The lowest BCUT2D eigenvalue weighted by Crippen LogP contribution is -2.45. The highest BCUT2D eigenvalue weighted by Gasteiger charge is 2.18. The second-order valence-corrected chi connectivity index (χ2v) is 22.8. The molecule has 0 saturated carbocycles. The molecule has 0 aliphatic carbocycles. The topological polar surface area (TPSA) is 95.9 Å². The molecule has 0 aromatic carbocycles. The molecule has 0 heterocycles. The molecule has 0 aliphatic heterocycles. The number of unbranched alkanes of at least 4 members (excludes halogenated alkanes) is 49. The maximum Gasteiger partial charge on any atom is 0.305 e. The van der Waals surface area contributed by atoms with Gasteiger partial charge < -0.3 is 20.3 Å². The SMILES string of the molecule is CCCCCCCCCCCCCCCCCCCCCCCC/C=C/C(O)C(CO)NC(=O)CCCCCCC/C=C\CCCCCCCCCCCOC(=O)CCCCCCCCCCCCCCCC. The van der Waals surface area contributed by atoms with Gasteiger partial charge in [0.25, 0.3) is 0 Å². The zero-order chi connectivity index (χ0) is 52.9. The van der Waals surface area contributed by atoms with Gasteiger partial charge in [-0.05, 0) is 57.8 Å². The number of hydrogen-bond acceptors (Lipinski definition) is 5. The zero-order valence-electron chi connectivity index (χ0n) is 49.4. The molecule has 0 radical (unpaired) electrons. The molecule has 2 unspecified atom stereocenters. The largest absolute Gasteiger partial charge is 0.466 e. The van der Waals surface area contributed by atoms with E-state index in [1.54, 1.807) is 6.08 Å². The van der Waals surface area contributed by atoms with Crippen LogP contribution in [0, 0.1) is 0 Å². The van der Waals surface area contributed by atoms with Crippen molar-refractivity contribution in [2.24, 2.45) is 0 Å². The highest BCUT2D eigenvalue weighted by atomic mass is 16.5. The standard InChI is InChI=1S/C67H129NO5/c1-3-5-7-9-11-13-15-17-19-20-21-22-23-24-25-26-29-32-35-39-43-47-51-55-59-65(70)64(63-69)68-66(71)60-56-52-48-44-40-36-33-30-27-28-31-34-38-42-46-50-54-58-62-73-67(72)61-57-53-49-45-41-37-18-16-14-12-10-8-6-4-2/h30,33,55,59,64-65,69-70H,3-29,31-32,34-54,56-58,60-63H2,1-2H3,(H,68,71)/b33-30-,59-55+. The van der Waals surface area contributed by atoms with Gasteiger partial charge in [0, 0.05) is 12.8 Å². The van der Waals surface area contributed by atoms with Crippen molar-refractivity contribution in [3.63, 3.8) is 0 Å². The Kier molecular flexibility index (Phi) is 61.4. The van der Waals surface area contributed by atoms with Crippen molar-refractivity contribution < 1.29 is 24.5 Å². The van der Waals surface area contributed by atoms with Crippen molar-refractivity contribution in [1.29, 1.82) is 0 Å². The molecule has 0 aromatic heterocycles. The van der Waals surface area contributed by atoms with E-state index in [2.05, 4.69) is 31.3 Å². The van der Waals surface area contributed by atoms with E-state index in [1.807, 2.05) is 6.08 Å². The number of rotatable bonds is 62. The first-order valence-corrected chi connectivity index (χ1v) is 33.1. The number of aliphatic hydroxyl groups is 2. The number of allylic oxidation sites excluding steroid dienone is 3. The Bertz CT molecular complexity index is 1140. The number of esters is 1. The van der Waals surface area contributed by atoms with Gasteiger partial charge in [0.1, 0.15) is 0 Å². The van der Waals surface area contributed by atoms with Crippen molar-refractivity contribution >= 4 is 11.9 Å². The Morgan fingerprint density at radius 1 is 0.370 bits per heavy atom. The summed E-state index contributed by atoms with van der Waals surface area (Å²) in [5.74, 6) is -0.0732. The maximum absolute atomic E-state index is 12.5. The predicted molar refractivity (Wildman–Crippen MR) is 320 cm³/mol. The first-order valence-electron chi connectivity index (χ1n) is 33.1. The third kappa shape index (κ3) is 59.4. The Morgan fingerprint density at radius 3 is 0.973 bits per heavy atom. The molecule has 3 N–H and O–H groups in total. The number of ether oxygens (including phenoxy) is 1. The van der Waals surface area contributed by atoms with E-state index >= 15 is 0 Å². The Hall–Kier alpha value is -1.66. The minimum atomic E-state index is -0.854. The van der Waals surface area contributed by atoms with Crippen LogP contribution in [0.1, 0.15) is 367 Å². The minimum Gasteiger partial charge on any atom is -0.466 e. The molecule has 0 saturated heterocycles. The minimum absolute atomic E-state index is 0.00516. The highest BCUT2D eigenvalue weighted by Crippen LogP contribution is 2.18. The van der Waals surface area contributed by atoms with Gasteiger partial charge in [0.05, 0.1) is 25.4 Å². The third-order valence-electron chi connectivity index (χ3n) is 15.5. The fraction of sp³-hybridized carbons (Fsp3) is 0.910. The normalized spacial score (nSPS) is 12.7. The first-order chi connectivity index (χ1) is 36.0. The van der Waals surface area contributed by atoms with Gasteiger partial charge in [-0.3, -0.25) is 9.59 Å².